The number of hydrogen-bond acceptors (Lipinski definition) is 8. The third kappa shape index (κ3) is 7.29. The molecule has 0 bridgehead atoms. The van der Waals surface area contributed by atoms with E-state index in [0.29, 0.717) is 81.0 Å². The highest BCUT2D eigenvalue weighted by Crippen LogP contribution is 2.42. The Morgan fingerprint density at radius 3 is 2.44 bits per heavy atom. The van der Waals surface area contributed by atoms with E-state index in [1.807, 2.05) is 48.5 Å². The minimum absolute atomic E-state index is 0.0264. The molecule has 5 aromatic rings. The highest BCUT2D eigenvalue weighted by molar-refractivity contribution is 6.39. The molecule has 0 saturated carbocycles. The molecule has 0 radical (unpaired) electrons. The second-order valence-corrected chi connectivity index (χ2v) is 12.6. The quantitative estimate of drug-likeness (QED) is 0.127. The zero-order chi connectivity index (χ0) is 35.4. The Morgan fingerprint density at radius 2 is 1.76 bits per heavy atom. The lowest BCUT2D eigenvalue weighted by Crippen LogP contribution is -2.42. The summed E-state index contributed by atoms with van der Waals surface area (Å²) in [4.78, 5) is 47.2. The number of ether oxygens (including phenoxy) is 1. The molecule has 1 fully saturated rings. The summed E-state index contributed by atoms with van der Waals surface area (Å²) in [7, 11) is 1.55. The van der Waals surface area contributed by atoms with Gasteiger partial charge in [-0.05, 0) is 30.2 Å². The molecule has 4 N–H and O–H groups in total. The number of aromatic nitrogens is 3. The number of rotatable bonds is 12. The molecular weight excluding hydrogens is 683 g/mol. The summed E-state index contributed by atoms with van der Waals surface area (Å²) in [6.45, 7) is 0.869. The molecule has 0 aliphatic carbocycles. The lowest BCUT2D eigenvalue weighted by molar-refractivity contribution is -0.119. The molecule has 2 aromatic carbocycles. The third-order valence-electron chi connectivity index (χ3n) is 8.55. The molecule has 1 aliphatic heterocycles. The predicted molar refractivity (Wildman–Crippen MR) is 191 cm³/mol. The number of carboxylic acid groups (broad SMARTS) is 1. The van der Waals surface area contributed by atoms with Crippen LogP contribution >= 0.6 is 23.2 Å². The van der Waals surface area contributed by atoms with E-state index in [1.54, 1.807) is 25.4 Å². The van der Waals surface area contributed by atoms with E-state index < -0.39 is 11.7 Å². The van der Waals surface area contributed by atoms with Crippen molar-refractivity contribution in [3.05, 3.63) is 105 Å². The van der Waals surface area contributed by atoms with Crippen LogP contribution in [0.4, 0.5) is 4.79 Å². The number of methoxy groups -OCH3 is 1. The lowest BCUT2D eigenvalue weighted by atomic mass is 9.97. The Hall–Kier alpha value is -5.01. The van der Waals surface area contributed by atoms with Crippen LogP contribution in [0.5, 0.6) is 5.88 Å². The summed E-state index contributed by atoms with van der Waals surface area (Å²) in [5.41, 5.74) is 5.12. The standard InChI is InChI=1S/C36H34Cl2N6O6/c1-50-34-22(17-39-13-15-45)8-10-29(42-34)28-7-3-6-27(33(28)38)26-5-2-4-25(32(26)37)21-12-14-44-30(16-21)40-18-23(35(44)47)19-43(36(48)49)20-24-9-11-31(46)41-24/h2-8,10,12,14,16,18,24,39,45H,9,11,13,15,17,19-20H2,1H3,(H,41,46)(H,48,49)/t24-/m0/s1. The zero-order valence-electron chi connectivity index (χ0n) is 27.0. The maximum absolute atomic E-state index is 13.4. The number of pyridine rings is 2. The van der Waals surface area contributed by atoms with E-state index in [-0.39, 0.29) is 37.2 Å². The van der Waals surface area contributed by atoms with Crippen molar-refractivity contribution in [1.82, 2.24) is 29.9 Å². The number of nitrogens with one attached hydrogen (secondary N) is 2. The van der Waals surface area contributed by atoms with Crippen LogP contribution in [0.3, 0.4) is 0 Å². The van der Waals surface area contributed by atoms with Gasteiger partial charge in [-0.1, -0.05) is 65.7 Å². The van der Waals surface area contributed by atoms with Gasteiger partial charge in [-0.15, -0.1) is 0 Å². The summed E-state index contributed by atoms with van der Waals surface area (Å²) in [6.07, 6.45) is 2.66. The van der Waals surface area contributed by atoms with Gasteiger partial charge in [0.1, 0.15) is 5.65 Å². The number of amides is 2. The molecule has 1 saturated heterocycles. The Balaban J connectivity index is 1.28. The van der Waals surface area contributed by atoms with Crippen molar-refractivity contribution in [3.63, 3.8) is 0 Å². The molecule has 0 spiro atoms. The molecular formula is C36H34Cl2N6O6. The first kappa shape index (κ1) is 34.8. The average Bonchev–Trinajstić information content (AvgIpc) is 3.53. The summed E-state index contributed by atoms with van der Waals surface area (Å²) in [5, 5.41) is 25.6. The van der Waals surface area contributed by atoms with Gasteiger partial charge in [-0.3, -0.25) is 14.0 Å². The van der Waals surface area contributed by atoms with Gasteiger partial charge in [0.25, 0.3) is 5.56 Å². The number of aliphatic hydroxyl groups excluding tert-OH is 1. The zero-order valence-corrected chi connectivity index (χ0v) is 28.5. The van der Waals surface area contributed by atoms with Crippen LogP contribution in [-0.2, 0) is 17.9 Å². The van der Waals surface area contributed by atoms with Crippen LogP contribution in [0.15, 0.2) is 77.9 Å². The number of aliphatic hydroxyl groups is 1. The Bertz CT molecular complexity index is 2140. The molecule has 4 heterocycles. The lowest BCUT2D eigenvalue weighted by Gasteiger charge is -2.22. The Morgan fingerprint density at radius 1 is 1.04 bits per heavy atom. The minimum atomic E-state index is -1.19. The van der Waals surface area contributed by atoms with Gasteiger partial charge < -0.3 is 30.5 Å². The van der Waals surface area contributed by atoms with Gasteiger partial charge in [0.15, 0.2) is 0 Å². The molecule has 6 rings (SSSR count). The van der Waals surface area contributed by atoms with Crippen LogP contribution in [0.2, 0.25) is 10.0 Å². The predicted octanol–water partition coefficient (Wildman–Crippen LogP) is 5.25. The second kappa shape index (κ2) is 15.3. The largest absolute Gasteiger partial charge is 0.481 e. The smallest absolute Gasteiger partial charge is 0.407 e. The molecule has 3 aromatic heterocycles. The van der Waals surface area contributed by atoms with Crippen LogP contribution in [0.1, 0.15) is 24.0 Å². The SMILES string of the molecule is COc1nc(-c2cccc(-c3cccc(-c4ccn5c(=O)c(CN(C[C@@H]6CCC(=O)N6)C(=O)O)cnc5c4)c3Cl)c2Cl)ccc1CNCCO. The number of hydrogen-bond donors (Lipinski definition) is 4. The highest BCUT2D eigenvalue weighted by atomic mass is 35.5. The topological polar surface area (TPSA) is 158 Å². The van der Waals surface area contributed by atoms with Crippen LogP contribution in [0, 0.1) is 0 Å². The number of carbonyl (C=O) groups excluding carboxylic acids is 1. The van der Waals surface area contributed by atoms with Crippen LogP contribution in [0.25, 0.3) is 39.2 Å². The summed E-state index contributed by atoms with van der Waals surface area (Å²) in [6, 6.07) is 18.2. The highest BCUT2D eigenvalue weighted by Gasteiger charge is 2.26. The van der Waals surface area contributed by atoms with Crippen molar-refractivity contribution < 1.29 is 24.5 Å². The van der Waals surface area contributed by atoms with E-state index in [2.05, 4.69) is 15.6 Å². The van der Waals surface area contributed by atoms with Gasteiger partial charge >= 0.3 is 6.09 Å². The summed E-state index contributed by atoms with van der Waals surface area (Å²) >= 11 is 14.1. The maximum Gasteiger partial charge on any atom is 0.407 e. The van der Waals surface area contributed by atoms with Crippen LogP contribution in [-0.4, -0.2) is 74.3 Å². The van der Waals surface area contributed by atoms with E-state index >= 15 is 0 Å². The fourth-order valence-corrected chi connectivity index (χ4v) is 6.68. The monoisotopic (exact) mass is 716 g/mol. The molecule has 2 amide bonds. The number of carbonyl (C=O) groups is 2. The minimum Gasteiger partial charge on any atom is -0.481 e. The number of halogens is 2. The molecule has 12 nitrogen and oxygen atoms in total. The maximum atomic E-state index is 13.4. The molecule has 258 valence electrons. The van der Waals surface area contributed by atoms with Gasteiger partial charge in [-0.2, -0.15) is 0 Å². The average molecular weight is 718 g/mol. The van der Waals surface area contributed by atoms with Crippen molar-refractivity contribution in [2.24, 2.45) is 0 Å². The van der Waals surface area contributed by atoms with Gasteiger partial charge in [0.05, 0.1) is 41.6 Å². The molecule has 14 heteroatoms. The summed E-state index contributed by atoms with van der Waals surface area (Å²) < 4.78 is 6.90. The first-order chi connectivity index (χ1) is 24.2. The first-order valence-electron chi connectivity index (χ1n) is 15.9. The summed E-state index contributed by atoms with van der Waals surface area (Å²) in [5.74, 6) is 0.332. The fourth-order valence-electron chi connectivity index (χ4n) is 6.02. The van der Waals surface area contributed by atoms with Gasteiger partial charge in [0.2, 0.25) is 11.8 Å². The van der Waals surface area contributed by atoms with Crippen molar-refractivity contribution in [3.8, 4) is 39.4 Å². The van der Waals surface area contributed by atoms with E-state index in [9.17, 15) is 19.5 Å². The van der Waals surface area contributed by atoms with Crippen molar-refractivity contribution >= 4 is 40.8 Å². The van der Waals surface area contributed by atoms with Gasteiger partial charge in [0, 0.05) is 72.3 Å². The third-order valence-corrected chi connectivity index (χ3v) is 9.36. The molecule has 0 unspecified atom stereocenters. The first-order valence-corrected chi connectivity index (χ1v) is 16.6. The van der Waals surface area contributed by atoms with E-state index in [0.717, 1.165) is 10.5 Å². The molecule has 50 heavy (non-hydrogen) atoms. The van der Waals surface area contributed by atoms with E-state index in [1.165, 1.54) is 10.6 Å². The van der Waals surface area contributed by atoms with Gasteiger partial charge in [-0.25, -0.2) is 14.8 Å². The molecule has 1 atom stereocenters. The Labute approximate surface area is 297 Å². The van der Waals surface area contributed by atoms with Crippen molar-refractivity contribution in [2.75, 3.05) is 26.8 Å². The normalized spacial score (nSPS) is 14.2. The molecule has 1 aliphatic rings. The second-order valence-electron chi connectivity index (χ2n) is 11.8. The number of nitrogens with zero attached hydrogens (tertiary/aromatic N) is 4. The number of benzene rings is 2. The fraction of sp³-hybridized carbons (Fsp3) is 0.250. The Kier molecular flexibility index (Phi) is 10.6. The van der Waals surface area contributed by atoms with Crippen molar-refractivity contribution in [1.29, 1.82) is 0 Å². The van der Waals surface area contributed by atoms with Crippen LogP contribution < -0.4 is 20.9 Å². The van der Waals surface area contributed by atoms with E-state index in [4.69, 9.17) is 38.0 Å². The number of fused-ring (bicyclic) bond motifs is 1. The van der Waals surface area contributed by atoms with Crippen molar-refractivity contribution in [2.45, 2.75) is 32.0 Å².